The number of benzene rings is 3. The second-order valence-corrected chi connectivity index (χ2v) is 6.76. The lowest BCUT2D eigenvalue weighted by Crippen LogP contribution is -2.31. The fourth-order valence-corrected chi connectivity index (χ4v) is 3.06. The third kappa shape index (κ3) is 4.25. The molecule has 1 amide bonds. The van der Waals surface area contributed by atoms with E-state index in [1.54, 1.807) is 14.2 Å². The Morgan fingerprint density at radius 1 is 1.07 bits per heavy atom. The minimum absolute atomic E-state index is 0.0820. The molecule has 0 saturated heterocycles. The Hall–Kier alpha value is -3.87. The molecular formula is C23H21N3O4. The van der Waals surface area contributed by atoms with E-state index in [0.717, 1.165) is 16.3 Å². The number of hydrogen-bond donors (Lipinski definition) is 0. The lowest BCUT2D eigenvalue weighted by atomic mass is 10.1. The Kier molecular flexibility index (Phi) is 5.61. The van der Waals surface area contributed by atoms with E-state index in [4.69, 9.17) is 14.0 Å². The van der Waals surface area contributed by atoms with Gasteiger partial charge in [-0.1, -0.05) is 53.7 Å². The molecule has 0 aliphatic carbocycles. The van der Waals surface area contributed by atoms with Gasteiger partial charge in [0.2, 0.25) is 11.7 Å². The minimum atomic E-state index is -0.191. The van der Waals surface area contributed by atoms with Crippen LogP contribution in [0, 0.1) is 0 Å². The van der Waals surface area contributed by atoms with Gasteiger partial charge < -0.3 is 18.9 Å². The standard InChI is InChI=1S/C23H21N3O4/c1-26(14-21-24-23(25-30-21)17-9-5-10-18(13-17)28-2)22(27)15-29-20-12-6-8-16-7-3-4-11-19(16)20/h3-13H,14-15H2,1-2H3. The van der Waals surface area contributed by atoms with Crippen LogP contribution in [0.15, 0.2) is 71.3 Å². The Balaban J connectivity index is 1.38. The van der Waals surface area contributed by atoms with E-state index in [1.807, 2.05) is 66.7 Å². The van der Waals surface area contributed by atoms with Crippen molar-refractivity contribution >= 4 is 16.7 Å². The molecule has 0 bridgehead atoms. The molecule has 0 saturated carbocycles. The molecule has 4 aromatic rings. The maximum atomic E-state index is 12.5. The highest BCUT2D eigenvalue weighted by molar-refractivity contribution is 5.88. The van der Waals surface area contributed by atoms with E-state index in [1.165, 1.54) is 4.90 Å². The van der Waals surface area contributed by atoms with Crippen molar-refractivity contribution < 1.29 is 18.8 Å². The van der Waals surface area contributed by atoms with E-state index < -0.39 is 0 Å². The molecule has 3 aromatic carbocycles. The number of fused-ring (bicyclic) bond motifs is 1. The molecule has 0 aliphatic rings. The van der Waals surface area contributed by atoms with Gasteiger partial charge in [0.15, 0.2) is 6.61 Å². The summed E-state index contributed by atoms with van der Waals surface area (Å²) in [7, 11) is 3.27. The summed E-state index contributed by atoms with van der Waals surface area (Å²) >= 11 is 0. The summed E-state index contributed by atoms with van der Waals surface area (Å²) in [5.74, 6) is 1.97. The van der Waals surface area contributed by atoms with Crippen LogP contribution < -0.4 is 9.47 Å². The number of carbonyl (C=O) groups excluding carboxylic acids is 1. The van der Waals surface area contributed by atoms with Gasteiger partial charge in [-0.3, -0.25) is 4.79 Å². The normalized spacial score (nSPS) is 10.7. The molecule has 0 atom stereocenters. The van der Waals surface area contributed by atoms with Crippen molar-refractivity contribution in [2.45, 2.75) is 6.54 Å². The van der Waals surface area contributed by atoms with E-state index >= 15 is 0 Å². The predicted octanol–water partition coefficient (Wildman–Crippen LogP) is 3.94. The van der Waals surface area contributed by atoms with Gasteiger partial charge in [-0.25, -0.2) is 0 Å². The average molecular weight is 403 g/mol. The summed E-state index contributed by atoms with van der Waals surface area (Å²) < 4.78 is 16.3. The molecule has 152 valence electrons. The Morgan fingerprint density at radius 2 is 1.87 bits per heavy atom. The molecule has 1 aromatic heterocycles. The molecule has 0 N–H and O–H groups in total. The van der Waals surface area contributed by atoms with Gasteiger partial charge in [0, 0.05) is 18.0 Å². The number of amides is 1. The minimum Gasteiger partial charge on any atom is -0.497 e. The van der Waals surface area contributed by atoms with Crippen LogP contribution in [0.4, 0.5) is 0 Å². The zero-order valence-corrected chi connectivity index (χ0v) is 16.7. The number of nitrogens with zero attached hydrogens (tertiary/aromatic N) is 3. The highest BCUT2D eigenvalue weighted by atomic mass is 16.5. The van der Waals surface area contributed by atoms with Crippen LogP contribution in [0.1, 0.15) is 5.89 Å². The van der Waals surface area contributed by atoms with Gasteiger partial charge in [-0.05, 0) is 23.6 Å². The number of likely N-dealkylation sites (N-methyl/N-ethyl adjacent to an activating group) is 1. The third-order valence-corrected chi connectivity index (χ3v) is 4.69. The number of methoxy groups -OCH3 is 1. The zero-order valence-electron chi connectivity index (χ0n) is 16.7. The van der Waals surface area contributed by atoms with Gasteiger partial charge in [0.25, 0.3) is 5.91 Å². The van der Waals surface area contributed by atoms with Crippen molar-refractivity contribution in [2.24, 2.45) is 0 Å². The van der Waals surface area contributed by atoms with Crippen LogP contribution in [0.2, 0.25) is 0 Å². The quantitative estimate of drug-likeness (QED) is 0.465. The molecule has 0 fully saturated rings. The maximum Gasteiger partial charge on any atom is 0.260 e. The molecule has 0 unspecified atom stereocenters. The Morgan fingerprint density at radius 3 is 2.73 bits per heavy atom. The Labute approximate surface area is 173 Å². The van der Waals surface area contributed by atoms with Crippen LogP contribution in [-0.4, -0.2) is 41.7 Å². The van der Waals surface area contributed by atoms with Crippen LogP contribution >= 0.6 is 0 Å². The zero-order chi connectivity index (χ0) is 20.9. The second-order valence-electron chi connectivity index (χ2n) is 6.76. The number of rotatable bonds is 7. The molecule has 4 rings (SSSR count). The smallest absolute Gasteiger partial charge is 0.260 e. The average Bonchev–Trinajstić information content (AvgIpc) is 3.26. The van der Waals surface area contributed by atoms with Crippen molar-refractivity contribution in [3.05, 3.63) is 72.6 Å². The SMILES string of the molecule is COc1cccc(-c2noc(CN(C)C(=O)COc3cccc4ccccc34)n2)c1. The number of hydrogen-bond acceptors (Lipinski definition) is 6. The fraction of sp³-hybridized carbons (Fsp3) is 0.174. The highest BCUT2D eigenvalue weighted by Crippen LogP contribution is 2.25. The van der Waals surface area contributed by atoms with Crippen molar-refractivity contribution in [3.8, 4) is 22.9 Å². The van der Waals surface area contributed by atoms with Gasteiger partial charge in [-0.15, -0.1) is 0 Å². The molecule has 30 heavy (non-hydrogen) atoms. The monoisotopic (exact) mass is 403 g/mol. The molecule has 0 aliphatic heterocycles. The molecule has 7 nitrogen and oxygen atoms in total. The largest absolute Gasteiger partial charge is 0.497 e. The van der Waals surface area contributed by atoms with Crippen molar-refractivity contribution in [2.75, 3.05) is 20.8 Å². The summed E-state index contributed by atoms with van der Waals surface area (Å²) in [5, 5.41) is 6.02. The van der Waals surface area contributed by atoms with Gasteiger partial charge in [0.05, 0.1) is 13.7 Å². The van der Waals surface area contributed by atoms with E-state index in [9.17, 15) is 4.79 Å². The van der Waals surface area contributed by atoms with Crippen molar-refractivity contribution in [3.63, 3.8) is 0 Å². The van der Waals surface area contributed by atoms with Crippen molar-refractivity contribution in [1.29, 1.82) is 0 Å². The van der Waals surface area contributed by atoms with Crippen LogP contribution in [0.3, 0.4) is 0 Å². The van der Waals surface area contributed by atoms with E-state index in [2.05, 4.69) is 10.1 Å². The number of ether oxygens (including phenoxy) is 2. The van der Waals surface area contributed by atoms with Crippen LogP contribution in [0.5, 0.6) is 11.5 Å². The number of aromatic nitrogens is 2. The lowest BCUT2D eigenvalue weighted by molar-refractivity contribution is -0.132. The summed E-state index contributed by atoms with van der Waals surface area (Å²) in [5.41, 5.74) is 0.776. The summed E-state index contributed by atoms with van der Waals surface area (Å²) in [6.45, 7) is 0.107. The first kappa shape index (κ1) is 19.4. The highest BCUT2D eigenvalue weighted by Gasteiger charge is 2.16. The van der Waals surface area contributed by atoms with Gasteiger partial charge in [-0.2, -0.15) is 4.98 Å². The molecule has 1 heterocycles. The maximum absolute atomic E-state index is 12.5. The van der Waals surface area contributed by atoms with Crippen LogP contribution in [0.25, 0.3) is 22.2 Å². The van der Waals surface area contributed by atoms with Gasteiger partial charge >= 0.3 is 0 Å². The first-order valence-corrected chi connectivity index (χ1v) is 9.45. The molecule has 7 heteroatoms. The van der Waals surface area contributed by atoms with E-state index in [0.29, 0.717) is 23.2 Å². The Bertz CT molecular complexity index is 1170. The fourth-order valence-electron chi connectivity index (χ4n) is 3.06. The first-order valence-electron chi connectivity index (χ1n) is 9.45. The van der Waals surface area contributed by atoms with E-state index in [-0.39, 0.29) is 19.1 Å². The summed E-state index contributed by atoms with van der Waals surface area (Å²) in [4.78, 5) is 18.4. The second kappa shape index (κ2) is 8.65. The predicted molar refractivity (Wildman–Crippen MR) is 112 cm³/mol. The number of carbonyl (C=O) groups is 1. The third-order valence-electron chi connectivity index (χ3n) is 4.69. The topological polar surface area (TPSA) is 77.7 Å². The molecule has 0 spiro atoms. The van der Waals surface area contributed by atoms with Crippen molar-refractivity contribution in [1.82, 2.24) is 15.0 Å². The van der Waals surface area contributed by atoms with Gasteiger partial charge in [0.1, 0.15) is 11.5 Å². The van der Waals surface area contributed by atoms with Crippen LogP contribution in [-0.2, 0) is 11.3 Å². The summed E-state index contributed by atoms with van der Waals surface area (Å²) in [6, 6.07) is 21.0. The molecule has 0 radical (unpaired) electrons. The first-order chi connectivity index (χ1) is 14.6. The molecular weight excluding hydrogens is 382 g/mol. The summed E-state index contributed by atoms with van der Waals surface area (Å²) in [6.07, 6.45) is 0. The lowest BCUT2D eigenvalue weighted by Gasteiger charge is -2.16.